The normalized spacial score (nSPS) is 16.5. The summed E-state index contributed by atoms with van der Waals surface area (Å²) < 4.78 is 813. The number of allylic oxidation sites excluding steroid dienone is 4. The standard InChI is InChI=1S/C44H16F58N4O2/c45-17(46,1-3-19(49,50)27(65,66)37(85,86)39(89,90)41(93,94)43(97,98)99)25(61,62)33(77,78)35(81,82)29(69,70)21(53,54)5-7-107-13-9-103-15(104-10-13)23(57,58)31(73,74)32(75,76)24(59,60)16-105-11-14(12-106-16)108-8-6-22(55,56)30(71,72)36(83,84)34(79,80)26(63,64)18(47,48)2-4-20(51,52)28(67,68)38(87,88)40(91,92)42(95,96)44(100,101)102/h1-4,9-12H,5-8H2/b3-1+,4-2+. The Labute approximate surface area is 549 Å². The van der Waals surface area contributed by atoms with E-state index in [2.05, 4.69) is 9.47 Å². The summed E-state index contributed by atoms with van der Waals surface area (Å²) in [4.78, 5) is 8.06. The van der Waals surface area contributed by atoms with E-state index in [1.165, 1.54) is 0 Å². The van der Waals surface area contributed by atoms with E-state index in [1.54, 1.807) is 0 Å². The van der Waals surface area contributed by atoms with Crippen molar-refractivity contribution in [1.29, 1.82) is 0 Å². The van der Waals surface area contributed by atoms with Gasteiger partial charge < -0.3 is 9.47 Å². The summed E-state index contributed by atoms with van der Waals surface area (Å²) in [5.41, 5.74) is 0. The Morgan fingerprint density at radius 2 is 0.361 bits per heavy atom. The topological polar surface area (TPSA) is 70.0 Å². The van der Waals surface area contributed by atoms with Crippen molar-refractivity contribution in [3.8, 4) is 11.5 Å². The minimum Gasteiger partial charge on any atom is -0.490 e. The first kappa shape index (κ1) is 97.3. The largest absolute Gasteiger partial charge is 0.490 e. The molecule has 0 aliphatic rings. The molecule has 0 unspecified atom stereocenters. The van der Waals surface area contributed by atoms with Crippen LogP contribution in [0.4, 0.5) is 255 Å². The Kier molecular flexibility index (Phi) is 24.3. The van der Waals surface area contributed by atoms with Gasteiger partial charge in [-0.25, -0.2) is 19.9 Å². The first-order valence-corrected chi connectivity index (χ1v) is 24.8. The third-order valence-electron chi connectivity index (χ3n) is 13.4. The highest BCUT2D eigenvalue weighted by atomic mass is 19.5. The van der Waals surface area contributed by atoms with Crippen LogP contribution >= 0.6 is 0 Å². The second kappa shape index (κ2) is 27.0. The Morgan fingerprint density at radius 3 is 0.528 bits per heavy atom. The van der Waals surface area contributed by atoms with E-state index >= 15 is 0 Å². The summed E-state index contributed by atoms with van der Waals surface area (Å²) in [6, 6.07) is 0. The molecule has 0 bridgehead atoms. The van der Waals surface area contributed by atoms with Crippen LogP contribution in [-0.2, 0) is 11.8 Å². The van der Waals surface area contributed by atoms with Gasteiger partial charge in [0.05, 0.1) is 50.8 Å². The molecule has 0 saturated carbocycles. The molecular formula is C44H16F58N4O2. The van der Waals surface area contributed by atoms with Crippen molar-refractivity contribution < 1.29 is 264 Å². The molecule has 2 aromatic rings. The Balaban J connectivity index is 2.38. The minimum absolute atomic E-state index is 0.819. The number of ether oxygens (including phenoxy) is 2. The summed E-state index contributed by atoms with van der Waals surface area (Å²) in [5.74, 6) is -229. The molecule has 6 nitrogen and oxygen atoms in total. The molecule has 0 spiro atoms. The highest BCUT2D eigenvalue weighted by Crippen LogP contribution is 2.67. The number of alkyl halides is 58. The van der Waals surface area contributed by atoms with E-state index < -0.39 is 265 Å². The van der Waals surface area contributed by atoms with Crippen LogP contribution in [0.15, 0.2) is 49.1 Å². The van der Waals surface area contributed by atoms with E-state index in [1.807, 2.05) is 19.9 Å². The molecule has 630 valence electrons. The van der Waals surface area contributed by atoms with Crippen molar-refractivity contribution in [3.63, 3.8) is 0 Å². The van der Waals surface area contributed by atoms with Crippen LogP contribution in [0.1, 0.15) is 24.5 Å². The number of aromatic nitrogens is 4. The van der Waals surface area contributed by atoms with Crippen molar-refractivity contribution in [2.75, 3.05) is 13.2 Å². The third-order valence-corrected chi connectivity index (χ3v) is 13.4. The summed E-state index contributed by atoms with van der Waals surface area (Å²) in [6.07, 6.45) is -39.7. The van der Waals surface area contributed by atoms with Crippen molar-refractivity contribution in [3.05, 3.63) is 60.7 Å². The monoisotopic (exact) mass is 1730 g/mol. The predicted octanol–water partition coefficient (Wildman–Crippen LogP) is 21.2. The molecule has 0 N–H and O–H groups in total. The van der Waals surface area contributed by atoms with Gasteiger partial charge in [-0.15, -0.1) is 0 Å². The first-order valence-electron chi connectivity index (χ1n) is 24.8. The fourth-order valence-corrected chi connectivity index (χ4v) is 6.76. The number of halogens is 58. The first-order chi connectivity index (χ1) is 46.5. The number of rotatable bonds is 35. The maximum atomic E-state index is 14.9. The molecule has 0 saturated heterocycles. The lowest BCUT2D eigenvalue weighted by atomic mass is 9.89. The zero-order valence-corrected chi connectivity index (χ0v) is 48.0. The maximum Gasteiger partial charge on any atom is 0.460 e. The van der Waals surface area contributed by atoms with Gasteiger partial charge in [0, 0.05) is 0 Å². The molecule has 0 amide bonds. The summed E-state index contributed by atoms with van der Waals surface area (Å²) in [5, 5.41) is 0. The van der Waals surface area contributed by atoms with Gasteiger partial charge in [-0.05, 0) is 24.3 Å². The summed E-state index contributed by atoms with van der Waals surface area (Å²) >= 11 is 0. The van der Waals surface area contributed by atoms with Crippen LogP contribution in [-0.4, -0.2) is 188 Å². The molecule has 0 radical (unpaired) electrons. The molecule has 64 heteroatoms. The molecule has 0 aromatic carbocycles. The molecule has 108 heavy (non-hydrogen) atoms. The third kappa shape index (κ3) is 14.1. The van der Waals surface area contributed by atoms with Gasteiger partial charge in [0.15, 0.2) is 11.5 Å². The SMILES string of the molecule is FC(F)(F)C(F)(F)C(F)(F)C(F)(F)C(F)(F)C(F)(F)/C=C/C(F)(F)C(F)(F)C(F)(F)C(F)(F)C(F)(F)C(F)(F)CCOc1cnc(C(F)(F)C(F)(F)C(F)(F)C(F)(F)c2ncc(OCCC(F)(F)C(F)(F)C(F)(F)C(F)(F)C(F)(F)C(F)(F)/C=C/C(F)(F)C(F)(F)C(F)(F)C(F)(F)C(F)(F)C(F)(F)F)cn2)nc1. The van der Waals surface area contributed by atoms with Gasteiger partial charge in [0.2, 0.25) is 11.6 Å². The van der Waals surface area contributed by atoms with Gasteiger partial charge >= 0.3 is 166 Å². The highest BCUT2D eigenvalue weighted by molar-refractivity contribution is 5.25. The van der Waals surface area contributed by atoms with Crippen LogP contribution in [0.25, 0.3) is 0 Å². The lowest BCUT2D eigenvalue weighted by molar-refractivity contribution is -0.436. The van der Waals surface area contributed by atoms with Crippen LogP contribution in [0.3, 0.4) is 0 Å². The van der Waals surface area contributed by atoms with Gasteiger partial charge in [-0.3, -0.25) is 0 Å². The second-order valence-electron chi connectivity index (χ2n) is 20.7. The van der Waals surface area contributed by atoms with Gasteiger partial charge in [0.1, 0.15) is 0 Å². The van der Waals surface area contributed by atoms with Crippen LogP contribution in [0, 0.1) is 0 Å². The van der Waals surface area contributed by atoms with Crippen molar-refractivity contribution in [2.45, 2.75) is 179 Å². The fourth-order valence-electron chi connectivity index (χ4n) is 6.76. The minimum atomic E-state index is -9.08. The molecule has 0 atom stereocenters. The number of hydrogen-bond acceptors (Lipinski definition) is 6. The van der Waals surface area contributed by atoms with E-state index in [4.69, 9.17) is 0 Å². The molecule has 2 heterocycles. The molecule has 2 rings (SSSR count). The van der Waals surface area contributed by atoms with Crippen LogP contribution in [0.5, 0.6) is 11.5 Å². The zero-order chi connectivity index (χ0) is 87.0. The Hall–Kier alpha value is -6.82. The average Bonchev–Trinajstić information content (AvgIpc) is 0.720. The van der Waals surface area contributed by atoms with Gasteiger partial charge in [0.25, 0.3) is 0 Å². The van der Waals surface area contributed by atoms with Gasteiger partial charge in [-0.2, -0.15) is 255 Å². The summed E-state index contributed by atoms with van der Waals surface area (Å²) in [6.45, 7) is -5.52. The summed E-state index contributed by atoms with van der Waals surface area (Å²) in [7, 11) is 0. The quantitative estimate of drug-likeness (QED) is 0.0506. The lowest BCUT2D eigenvalue weighted by Gasteiger charge is -2.41. The lowest BCUT2D eigenvalue weighted by Crippen LogP contribution is -2.70. The Bertz CT molecular complexity index is 3280. The van der Waals surface area contributed by atoms with Crippen molar-refractivity contribution in [1.82, 2.24) is 19.9 Å². The molecule has 0 aliphatic heterocycles. The van der Waals surface area contributed by atoms with Crippen molar-refractivity contribution in [2.24, 2.45) is 0 Å². The van der Waals surface area contributed by atoms with E-state index in [0.29, 0.717) is 0 Å². The maximum absolute atomic E-state index is 14.9. The van der Waals surface area contributed by atoms with Crippen LogP contribution in [0.2, 0.25) is 0 Å². The fraction of sp³-hybridized carbons (Fsp3) is 0.727. The molecule has 0 fully saturated rings. The van der Waals surface area contributed by atoms with Crippen LogP contribution < -0.4 is 9.47 Å². The van der Waals surface area contributed by atoms with Gasteiger partial charge in [-0.1, -0.05) is 0 Å². The second-order valence-corrected chi connectivity index (χ2v) is 20.7. The molecule has 0 aliphatic carbocycles. The number of nitrogens with zero attached hydrogens (tertiary/aromatic N) is 4. The van der Waals surface area contributed by atoms with E-state index in [9.17, 15) is 255 Å². The zero-order valence-electron chi connectivity index (χ0n) is 48.0. The highest BCUT2D eigenvalue weighted by Gasteiger charge is 2.95. The smallest absolute Gasteiger partial charge is 0.460 e. The number of hydrogen-bond donors (Lipinski definition) is 0. The Morgan fingerprint density at radius 1 is 0.204 bits per heavy atom. The molecular weight excluding hydrogens is 1720 g/mol. The van der Waals surface area contributed by atoms with E-state index in [0.717, 1.165) is 0 Å². The van der Waals surface area contributed by atoms with E-state index in [-0.39, 0.29) is 0 Å². The average molecular weight is 1730 g/mol. The molecule has 2 aromatic heterocycles. The van der Waals surface area contributed by atoms with Crippen molar-refractivity contribution >= 4 is 0 Å². The predicted molar refractivity (Wildman–Crippen MR) is 221 cm³/mol.